The molecule has 0 spiro atoms. The van der Waals surface area contributed by atoms with Crippen LogP contribution in [-0.4, -0.2) is 34.9 Å². The quantitative estimate of drug-likeness (QED) is 0.899. The Bertz CT molecular complexity index is 706. The average molecular weight is 356 g/mol. The van der Waals surface area contributed by atoms with Crippen LogP contribution in [0, 0.1) is 13.8 Å². The topological polar surface area (TPSA) is 59.2 Å². The largest absolute Gasteiger partial charge is 0.334 e. The van der Waals surface area contributed by atoms with Gasteiger partial charge in [0.25, 0.3) is 5.91 Å². The molecule has 23 heavy (non-hydrogen) atoms. The Balaban J connectivity index is 0.00000132. The van der Waals surface area contributed by atoms with Crippen LogP contribution in [0.2, 0.25) is 0 Å². The van der Waals surface area contributed by atoms with Gasteiger partial charge in [-0.25, -0.2) is 0 Å². The Kier molecular flexibility index (Phi) is 6.81. The van der Waals surface area contributed by atoms with E-state index in [4.69, 9.17) is 5.73 Å². The van der Waals surface area contributed by atoms with Crippen LogP contribution in [0.4, 0.5) is 0 Å². The van der Waals surface area contributed by atoms with Crippen molar-refractivity contribution in [2.75, 3.05) is 13.1 Å². The van der Waals surface area contributed by atoms with Crippen LogP contribution < -0.4 is 5.73 Å². The van der Waals surface area contributed by atoms with Crippen molar-refractivity contribution >= 4 is 41.6 Å². The molecule has 0 saturated carbocycles. The Hall–Kier alpha value is -1.36. The fourth-order valence-electron chi connectivity index (χ4n) is 3.11. The zero-order valence-corrected chi connectivity index (χ0v) is 15.0. The van der Waals surface area contributed by atoms with Gasteiger partial charge in [0.05, 0.1) is 16.8 Å². The van der Waals surface area contributed by atoms with Crippen molar-refractivity contribution in [3.63, 3.8) is 0 Å². The summed E-state index contributed by atoms with van der Waals surface area (Å²) in [5.74, 6) is 0.0661. The predicted molar refractivity (Wildman–Crippen MR) is 98.8 cm³/mol. The molecule has 0 radical (unpaired) electrons. The summed E-state index contributed by atoms with van der Waals surface area (Å²) in [6, 6.07) is 8.26. The van der Waals surface area contributed by atoms with E-state index in [0.29, 0.717) is 12.1 Å². The second-order valence-electron chi connectivity index (χ2n) is 5.85. The molecule has 6 heteroatoms. The third-order valence-corrected chi connectivity index (χ3v) is 4.30. The molecule has 1 saturated heterocycles. The molecule has 1 aliphatic rings. The Morgan fingerprint density at radius 1 is 1.30 bits per heavy atom. The molecule has 1 aromatic carbocycles. The number of benzene rings is 1. The minimum absolute atomic E-state index is 0. The van der Waals surface area contributed by atoms with E-state index in [0.717, 1.165) is 36.0 Å². The van der Waals surface area contributed by atoms with Gasteiger partial charge in [-0.15, -0.1) is 24.8 Å². The summed E-state index contributed by atoms with van der Waals surface area (Å²) in [6.07, 6.45) is 2.04. The van der Waals surface area contributed by atoms with Crippen molar-refractivity contribution < 1.29 is 4.79 Å². The third kappa shape index (κ3) is 3.77. The molecule has 0 bridgehead atoms. The molecule has 2 aromatic rings. The lowest BCUT2D eigenvalue weighted by atomic mass is 10.1. The van der Waals surface area contributed by atoms with E-state index in [1.807, 2.05) is 36.9 Å². The number of hydrogen-bond acceptors (Lipinski definition) is 3. The number of fused-ring (bicyclic) bond motifs is 1. The molecule has 4 nitrogen and oxygen atoms in total. The highest BCUT2D eigenvalue weighted by molar-refractivity contribution is 5.99. The summed E-state index contributed by atoms with van der Waals surface area (Å²) < 4.78 is 0. The number of carbonyl (C=O) groups is 1. The zero-order chi connectivity index (χ0) is 15.0. The van der Waals surface area contributed by atoms with Crippen molar-refractivity contribution in [1.29, 1.82) is 0 Å². The number of likely N-dealkylation sites (tertiary alicyclic amines) is 1. The van der Waals surface area contributed by atoms with Gasteiger partial charge < -0.3 is 10.6 Å². The number of hydrogen-bond donors (Lipinski definition) is 1. The van der Waals surface area contributed by atoms with E-state index in [1.165, 1.54) is 5.56 Å². The van der Waals surface area contributed by atoms with Gasteiger partial charge >= 0.3 is 0 Å². The fourth-order valence-corrected chi connectivity index (χ4v) is 3.11. The van der Waals surface area contributed by atoms with Crippen molar-refractivity contribution in [2.24, 2.45) is 5.73 Å². The van der Waals surface area contributed by atoms with Crippen LogP contribution in [0.1, 0.15) is 34.5 Å². The van der Waals surface area contributed by atoms with Gasteiger partial charge in [0.1, 0.15) is 0 Å². The van der Waals surface area contributed by atoms with Gasteiger partial charge in [0.2, 0.25) is 0 Å². The third-order valence-electron chi connectivity index (χ3n) is 4.30. The summed E-state index contributed by atoms with van der Waals surface area (Å²) >= 11 is 0. The normalized spacial score (nSPS) is 16.8. The van der Waals surface area contributed by atoms with Gasteiger partial charge in [-0.1, -0.05) is 11.6 Å². The monoisotopic (exact) mass is 355 g/mol. The fraction of sp³-hybridized carbons (Fsp3) is 0.412. The zero-order valence-electron chi connectivity index (χ0n) is 13.4. The lowest BCUT2D eigenvalue weighted by Gasteiger charge is -2.24. The molecule has 1 atom stereocenters. The number of aromatic nitrogens is 1. The van der Waals surface area contributed by atoms with E-state index in [-0.39, 0.29) is 36.8 Å². The molecule has 126 valence electrons. The number of nitrogens with two attached hydrogens (primary N) is 1. The Morgan fingerprint density at radius 3 is 2.74 bits per heavy atom. The number of carbonyl (C=O) groups excluding carboxylic acids is 1. The van der Waals surface area contributed by atoms with Crippen LogP contribution in [0.15, 0.2) is 24.3 Å². The molecule has 2 N–H and O–H groups in total. The van der Waals surface area contributed by atoms with E-state index < -0.39 is 0 Å². The van der Waals surface area contributed by atoms with E-state index in [2.05, 4.69) is 11.1 Å². The smallest absolute Gasteiger partial charge is 0.256 e. The summed E-state index contributed by atoms with van der Waals surface area (Å²) in [7, 11) is 0. The molecule has 3 rings (SSSR count). The van der Waals surface area contributed by atoms with Crippen LogP contribution in [0.5, 0.6) is 0 Å². The second kappa shape index (κ2) is 7.95. The van der Waals surface area contributed by atoms with Crippen LogP contribution >= 0.6 is 24.8 Å². The minimum Gasteiger partial charge on any atom is -0.334 e. The van der Waals surface area contributed by atoms with Crippen molar-refractivity contribution in [3.05, 3.63) is 41.1 Å². The molecular formula is C17H23Cl2N3O. The van der Waals surface area contributed by atoms with E-state index >= 15 is 0 Å². The van der Waals surface area contributed by atoms with Gasteiger partial charge in [0, 0.05) is 24.5 Å². The molecule has 2 heterocycles. The van der Waals surface area contributed by atoms with Gasteiger partial charge in [-0.2, -0.15) is 0 Å². The van der Waals surface area contributed by atoms with Crippen molar-refractivity contribution in [2.45, 2.75) is 32.7 Å². The number of pyridine rings is 1. The molecule has 1 aromatic heterocycles. The molecule has 1 unspecified atom stereocenters. The van der Waals surface area contributed by atoms with Crippen LogP contribution in [0.25, 0.3) is 10.9 Å². The molecule has 1 fully saturated rings. The first kappa shape index (κ1) is 19.7. The van der Waals surface area contributed by atoms with Gasteiger partial charge in [0.15, 0.2) is 0 Å². The average Bonchev–Trinajstić information content (AvgIpc) is 2.94. The molecule has 1 amide bonds. The SMILES string of the molecule is Cc1ccc2nc(C)c(C(=O)N3CCCC3CN)cc2c1.Cl.Cl. The predicted octanol–water partition coefficient (Wildman–Crippen LogP) is 3.26. The molecule has 1 aliphatic heterocycles. The summed E-state index contributed by atoms with van der Waals surface area (Å²) in [5, 5.41) is 1.02. The lowest BCUT2D eigenvalue weighted by molar-refractivity contribution is 0.0740. The number of amides is 1. The van der Waals surface area contributed by atoms with Crippen molar-refractivity contribution in [1.82, 2.24) is 9.88 Å². The van der Waals surface area contributed by atoms with Crippen LogP contribution in [-0.2, 0) is 0 Å². The summed E-state index contributed by atoms with van der Waals surface area (Å²) in [5.41, 5.74) is 9.38. The van der Waals surface area contributed by atoms with Gasteiger partial charge in [-0.05, 0) is 44.9 Å². The standard InChI is InChI=1S/C17H21N3O.2ClH/c1-11-5-6-16-13(8-11)9-15(12(2)19-16)17(21)20-7-3-4-14(20)10-18;;/h5-6,8-9,14H,3-4,7,10,18H2,1-2H3;2*1H. The van der Waals surface area contributed by atoms with E-state index in [1.54, 1.807) is 0 Å². The number of halogens is 2. The number of nitrogens with zero attached hydrogens (tertiary/aromatic N) is 2. The molecule has 0 aliphatic carbocycles. The first-order valence-electron chi connectivity index (χ1n) is 7.49. The Labute approximate surface area is 149 Å². The van der Waals surface area contributed by atoms with Gasteiger partial charge in [-0.3, -0.25) is 9.78 Å². The summed E-state index contributed by atoms with van der Waals surface area (Å²) in [6.45, 7) is 5.28. The highest BCUT2D eigenvalue weighted by atomic mass is 35.5. The first-order valence-corrected chi connectivity index (χ1v) is 7.49. The first-order chi connectivity index (χ1) is 10.1. The lowest BCUT2D eigenvalue weighted by Crippen LogP contribution is -2.40. The minimum atomic E-state index is 0. The second-order valence-corrected chi connectivity index (χ2v) is 5.85. The van der Waals surface area contributed by atoms with Crippen LogP contribution in [0.3, 0.4) is 0 Å². The number of aryl methyl sites for hydroxylation is 2. The highest BCUT2D eigenvalue weighted by Gasteiger charge is 2.29. The highest BCUT2D eigenvalue weighted by Crippen LogP contribution is 2.23. The maximum absolute atomic E-state index is 12.8. The maximum Gasteiger partial charge on any atom is 0.256 e. The Morgan fingerprint density at radius 2 is 2.04 bits per heavy atom. The van der Waals surface area contributed by atoms with E-state index in [9.17, 15) is 4.79 Å². The summed E-state index contributed by atoms with van der Waals surface area (Å²) in [4.78, 5) is 19.3. The number of rotatable bonds is 2. The molecular weight excluding hydrogens is 333 g/mol. The maximum atomic E-state index is 12.8. The van der Waals surface area contributed by atoms with Crippen molar-refractivity contribution in [3.8, 4) is 0 Å².